The number of esters is 1. The van der Waals surface area contributed by atoms with Gasteiger partial charge in [-0.05, 0) is 36.8 Å². The van der Waals surface area contributed by atoms with E-state index < -0.39 is 0 Å². The van der Waals surface area contributed by atoms with Crippen LogP contribution < -0.4 is 9.64 Å². The maximum Gasteiger partial charge on any atom is 0.310 e. The number of aromatic nitrogens is 1. The van der Waals surface area contributed by atoms with Crippen LogP contribution in [0.3, 0.4) is 0 Å². The lowest BCUT2D eigenvalue weighted by atomic mass is 10.1. The molecule has 0 radical (unpaired) electrons. The Morgan fingerprint density at radius 3 is 2.78 bits per heavy atom. The highest BCUT2D eigenvalue weighted by Gasteiger charge is 2.29. The molecule has 1 atom stereocenters. The van der Waals surface area contributed by atoms with Crippen LogP contribution in [-0.2, 0) is 9.53 Å². The molecule has 120 valence electrons. The van der Waals surface area contributed by atoms with Gasteiger partial charge in [0.1, 0.15) is 11.6 Å². The van der Waals surface area contributed by atoms with Crippen LogP contribution in [0.15, 0.2) is 42.5 Å². The van der Waals surface area contributed by atoms with E-state index in [1.165, 1.54) is 7.11 Å². The van der Waals surface area contributed by atoms with E-state index in [1.54, 1.807) is 30.3 Å². The molecular formula is C17H17ClN2O3. The zero-order valence-corrected chi connectivity index (χ0v) is 13.5. The van der Waals surface area contributed by atoms with Crippen molar-refractivity contribution in [1.29, 1.82) is 0 Å². The minimum atomic E-state index is -0.166. The number of pyridine rings is 1. The molecule has 0 saturated carbocycles. The molecule has 0 bridgehead atoms. The summed E-state index contributed by atoms with van der Waals surface area (Å²) in [5.41, 5.74) is 0. The fourth-order valence-electron chi connectivity index (χ4n) is 2.59. The Morgan fingerprint density at radius 2 is 2.04 bits per heavy atom. The van der Waals surface area contributed by atoms with E-state index in [9.17, 15) is 4.79 Å². The molecule has 1 aliphatic heterocycles. The van der Waals surface area contributed by atoms with Crippen molar-refractivity contribution in [2.75, 3.05) is 25.1 Å². The summed E-state index contributed by atoms with van der Waals surface area (Å²) in [7, 11) is 1.42. The lowest BCUT2D eigenvalue weighted by Gasteiger charge is -2.17. The van der Waals surface area contributed by atoms with Gasteiger partial charge in [-0.1, -0.05) is 17.7 Å². The molecule has 2 heterocycles. The topological polar surface area (TPSA) is 51.7 Å². The maximum atomic E-state index is 11.6. The molecule has 5 nitrogen and oxygen atoms in total. The number of carbonyl (C=O) groups excluding carboxylic acids is 1. The molecule has 1 saturated heterocycles. The van der Waals surface area contributed by atoms with Crippen molar-refractivity contribution in [3.05, 3.63) is 47.5 Å². The molecule has 3 rings (SSSR count). The second kappa shape index (κ2) is 6.87. The second-order valence-electron chi connectivity index (χ2n) is 5.34. The van der Waals surface area contributed by atoms with Gasteiger partial charge >= 0.3 is 5.97 Å². The summed E-state index contributed by atoms with van der Waals surface area (Å²) in [5, 5.41) is 0.657. The van der Waals surface area contributed by atoms with Crippen molar-refractivity contribution in [1.82, 2.24) is 4.98 Å². The van der Waals surface area contributed by atoms with Crippen molar-refractivity contribution in [2.24, 2.45) is 5.92 Å². The Labute approximate surface area is 139 Å². The summed E-state index contributed by atoms with van der Waals surface area (Å²) in [5.74, 6) is 1.71. The Kier molecular flexibility index (Phi) is 4.67. The monoisotopic (exact) mass is 332 g/mol. The second-order valence-corrected chi connectivity index (χ2v) is 5.78. The summed E-state index contributed by atoms with van der Waals surface area (Å²) in [6, 6.07) is 12.7. The molecular weight excluding hydrogens is 316 g/mol. The number of halogens is 1. The highest BCUT2D eigenvalue weighted by atomic mass is 35.5. The van der Waals surface area contributed by atoms with Crippen LogP contribution in [0.25, 0.3) is 0 Å². The van der Waals surface area contributed by atoms with Crippen molar-refractivity contribution < 1.29 is 14.3 Å². The number of carbonyl (C=O) groups is 1. The number of methoxy groups -OCH3 is 1. The van der Waals surface area contributed by atoms with Gasteiger partial charge in [-0.3, -0.25) is 4.79 Å². The van der Waals surface area contributed by atoms with Gasteiger partial charge in [-0.15, -0.1) is 0 Å². The van der Waals surface area contributed by atoms with Crippen LogP contribution in [0.5, 0.6) is 11.6 Å². The molecule has 0 aliphatic carbocycles. The van der Waals surface area contributed by atoms with Gasteiger partial charge in [0.15, 0.2) is 0 Å². The summed E-state index contributed by atoms with van der Waals surface area (Å²) < 4.78 is 10.6. The van der Waals surface area contributed by atoms with Gasteiger partial charge in [0, 0.05) is 24.2 Å². The number of benzene rings is 1. The maximum absolute atomic E-state index is 11.6. The fraction of sp³-hybridized carbons (Fsp3) is 0.294. The summed E-state index contributed by atoms with van der Waals surface area (Å²) in [6.07, 6.45) is 0.774. The highest BCUT2D eigenvalue weighted by molar-refractivity contribution is 6.30. The van der Waals surface area contributed by atoms with E-state index in [-0.39, 0.29) is 11.9 Å². The van der Waals surface area contributed by atoms with Gasteiger partial charge in [0.2, 0.25) is 5.88 Å². The smallest absolute Gasteiger partial charge is 0.310 e. The lowest BCUT2D eigenvalue weighted by Crippen LogP contribution is -2.24. The zero-order valence-electron chi connectivity index (χ0n) is 12.7. The molecule has 0 spiro atoms. The first-order chi connectivity index (χ1) is 11.2. The van der Waals surface area contributed by atoms with Crippen LogP contribution in [0.4, 0.5) is 5.82 Å². The summed E-state index contributed by atoms with van der Waals surface area (Å²) in [4.78, 5) is 18.2. The third kappa shape index (κ3) is 3.74. The summed E-state index contributed by atoms with van der Waals surface area (Å²) >= 11 is 5.86. The molecule has 1 aromatic carbocycles. The lowest BCUT2D eigenvalue weighted by molar-refractivity contribution is -0.144. The molecule has 6 heteroatoms. The van der Waals surface area contributed by atoms with Gasteiger partial charge in [-0.2, -0.15) is 4.98 Å². The number of nitrogens with zero attached hydrogens (tertiary/aromatic N) is 2. The highest BCUT2D eigenvalue weighted by Crippen LogP contribution is 2.27. The average molecular weight is 333 g/mol. The SMILES string of the molecule is COC(=O)[C@@H]1CCN(c2cccc(Oc3ccc(Cl)cc3)n2)C1. The van der Waals surface area contributed by atoms with Crippen LogP contribution in [0.1, 0.15) is 6.42 Å². The fourth-order valence-corrected chi connectivity index (χ4v) is 2.71. The molecule has 0 unspecified atom stereocenters. The van der Waals surface area contributed by atoms with E-state index >= 15 is 0 Å². The zero-order chi connectivity index (χ0) is 16.2. The first kappa shape index (κ1) is 15.6. The molecule has 1 fully saturated rings. The van der Waals surface area contributed by atoms with Gasteiger partial charge < -0.3 is 14.4 Å². The van der Waals surface area contributed by atoms with E-state index in [4.69, 9.17) is 21.1 Å². The van der Waals surface area contributed by atoms with E-state index in [2.05, 4.69) is 9.88 Å². The first-order valence-corrected chi connectivity index (χ1v) is 7.77. The molecule has 23 heavy (non-hydrogen) atoms. The molecule has 1 aromatic heterocycles. The van der Waals surface area contributed by atoms with Gasteiger partial charge in [-0.25, -0.2) is 0 Å². The summed E-state index contributed by atoms with van der Waals surface area (Å²) in [6.45, 7) is 1.39. The Bertz CT molecular complexity index is 690. The van der Waals surface area contributed by atoms with E-state index in [0.717, 1.165) is 18.8 Å². The van der Waals surface area contributed by atoms with Gasteiger partial charge in [0.05, 0.1) is 13.0 Å². The minimum Gasteiger partial charge on any atom is -0.469 e. The predicted octanol–water partition coefficient (Wildman–Crippen LogP) is 3.53. The number of ether oxygens (including phenoxy) is 2. The first-order valence-electron chi connectivity index (χ1n) is 7.39. The van der Waals surface area contributed by atoms with Crippen molar-refractivity contribution in [3.63, 3.8) is 0 Å². The standard InChI is InChI=1S/C17H17ClN2O3/c1-22-17(21)12-9-10-20(11-12)15-3-2-4-16(19-15)23-14-7-5-13(18)6-8-14/h2-8,12H,9-11H2,1H3/t12-/m1/s1. The van der Waals surface area contributed by atoms with E-state index in [1.807, 2.05) is 12.1 Å². The number of hydrogen-bond donors (Lipinski definition) is 0. The molecule has 0 N–H and O–H groups in total. The molecule has 0 amide bonds. The van der Waals surface area contributed by atoms with Crippen molar-refractivity contribution in [2.45, 2.75) is 6.42 Å². The normalized spacial score (nSPS) is 17.1. The molecule has 1 aliphatic rings. The quantitative estimate of drug-likeness (QED) is 0.802. The van der Waals surface area contributed by atoms with E-state index in [0.29, 0.717) is 23.2 Å². The van der Waals surface area contributed by atoms with Crippen LogP contribution in [-0.4, -0.2) is 31.2 Å². The van der Waals surface area contributed by atoms with Crippen LogP contribution in [0, 0.1) is 5.92 Å². The predicted molar refractivity (Wildman–Crippen MR) is 88.1 cm³/mol. The van der Waals surface area contributed by atoms with Crippen LogP contribution in [0.2, 0.25) is 5.02 Å². The van der Waals surface area contributed by atoms with Crippen LogP contribution >= 0.6 is 11.6 Å². The Balaban J connectivity index is 1.70. The third-order valence-electron chi connectivity index (χ3n) is 3.79. The Hall–Kier alpha value is -2.27. The number of rotatable bonds is 4. The average Bonchev–Trinajstić information content (AvgIpc) is 3.07. The van der Waals surface area contributed by atoms with Gasteiger partial charge in [0.25, 0.3) is 0 Å². The molecule has 2 aromatic rings. The number of hydrogen-bond acceptors (Lipinski definition) is 5. The number of anilines is 1. The van der Waals surface area contributed by atoms with Crippen molar-refractivity contribution >= 4 is 23.4 Å². The Morgan fingerprint density at radius 1 is 1.26 bits per heavy atom. The minimum absolute atomic E-state index is 0.0948. The largest absolute Gasteiger partial charge is 0.469 e. The van der Waals surface area contributed by atoms with Crippen molar-refractivity contribution in [3.8, 4) is 11.6 Å². The third-order valence-corrected chi connectivity index (χ3v) is 4.04.